The molecule has 15 heteroatoms. The first-order valence-corrected chi connectivity index (χ1v) is 13.7. The number of nitrogens with two attached hydrogens (primary N) is 1. The van der Waals surface area contributed by atoms with E-state index in [9.17, 15) is 28.1 Å². The largest absolute Gasteiger partial charge is 0.452 e. The smallest absolute Gasteiger partial charge is 0.446 e. The SMILES string of the molecule is Cc1nc2ccc([N+]3(NC(=O)OCCc4ccc(C(=N)N)cc4)CCN(c4ccc(C(F)(F)F)cc4[N+](=O)[O-])CC3)cc2[nH]1. The molecule has 2 heterocycles. The van der Waals surface area contributed by atoms with Gasteiger partial charge >= 0.3 is 12.3 Å². The number of nitro benzene ring substituents is 1. The Kier molecular flexibility index (Phi) is 8.15. The summed E-state index contributed by atoms with van der Waals surface area (Å²) in [5.41, 5.74) is 10.5. The van der Waals surface area contributed by atoms with Gasteiger partial charge in [0, 0.05) is 30.2 Å². The zero-order chi connectivity index (χ0) is 31.6. The number of halogens is 3. The molecule has 1 fully saturated rings. The number of aryl methyl sites for hydroxylation is 1. The van der Waals surface area contributed by atoms with E-state index in [0.29, 0.717) is 29.6 Å². The van der Waals surface area contributed by atoms with E-state index in [-0.39, 0.29) is 48.9 Å². The molecule has 0 aliphatic carbocycles. The number of nitrogens with one attached hydrogen (secondary N) is 3. The lowest BCUT2D eigenvalue weighted by atomic mass is 10.1. The van der Waals surface area contributed by atoms with Gasteiger partial charge < -0.3 is 20.4 Å². The van der Waals surface area contributed by atoms with E-state index in [1.165, 1.54) is 0 Å². The van der Waals surface area contributed by atoms with Crippen LogP contribution in [0, 0.1) is 22.4 Å². The van der Waals surface area contributed by atoms with Crippen molar-refractivity contribution >= 4 is 40.0 Å². The van der Waals surface area contributed by atoms with Gasteiger partial charge in [0.2, 0.25) is 0 Å². The first-order chi connectivity index (χ1) is 20.8. The van der Waals surface area contributed by atoms with Gasteiger partial charge in [0.25, 0.3) is 5.69 Å². The molecule has 44 heavy (non-hydrogen) atoms. The number of H-pyrrole nitrogens is 1. The molecule has 1 aliphatic heterocycles. The minimum atomic E-state index is -4.72. The van der Waals surface area contributed by atoms with E-state index in [0.717, 1.165) is 28.7 Å². The second kappa shape index (κ2) is 11.8. The summed E-state index contributed by atoms with van der Waals surface area (Å²) in [7, 11) is 0. The second-order valence-corrected chi connectivity index (χ2v) is 10.5. The molecule has 0 spiro atoms. The molecular formula is C29H30F3N8O4+. The van der Waals surface area contributed by atoms with Gasteiger partial charge in [-0.25, -0.2) is 9.78 Å². The lowest BCUT2D eigenvalue weighted by Gasteiger charge is -2.43. The Balaban J connectivity index is 1.35. The van der Waals surface area contributed by atoms with Crippen LogP contribution in [0.15, 0.2) is 60.7 Å². The van der Waals surface area contributed by atoms with Gasteiger partial charge in [0.15, 0.2) is 5.69 Å². The fraction of sp³-hybridized carbons (Fsp3) is 0.276. The van der Waals surface area contributed by atoms with Gasteiger partial charge in [-0.2, -0.15) is 23.2 Å². The first kappa shape index (κ1) is 30.3. The van der Waals surface area contributed by atoms with Crippen LogP contribution >= 0.6 is 0 Å². The number of nitrogens with zero attached hydrogens (tertiary/aromatic N) is 4. The number of piperazine rings is 1. The van der Waals surface area contributed by atoms with Crippen LogP contribution in [0.3, 0.4) is 0 Å². The third kappa shape index (κ3) is 6.41. The minimum absolute atomic E-state index is 0.0438. The number of amidine groups is 1. The average Bonchev–Trinajstić information content (AvgIpc) is 3.36. The van der Waals surface area contributed by atoms with Crippen molar-refractivity contribution in [2.75, 3.05) is 37.7 Å². The number of aromatic amines is 1. The van der Waals surface area contributed by atoms with Crippen molar-refractivity contribution in [3.63, 3.8) is 0 Å². The Bertz CT molecular complexity index is 1710. The Morgan fingerprint density at radius 3 is 2.50 bits per heavy atom. The monoisotopic (exact) mass is 611 g/mol. The lowest BCUT2D eigenvalue weighted by Crippen LogP contribution is -2.69. The van der Waals surface area contributed by atoms with E-state index >= 15 is 0 Å². The molecule has 1 aromatic heterocycles. The number of amides is 1. The number of ether oxygens (including phenoxy) is 1. The summed E-state index contributed by atoms with van der Waals surface area (Å²) in [6.45, 7) is 2.75. The molecule has 4 aromatic rings. The molecule has 5 N–H and O–H groups in total. The van der Waals surface area contributed by atoms with Gasteiger partial charge in [-0.15, -0.1) is 0 Å². The highest BCUT2D eigenvalue weighted by Crippen LogP contribution is 2.37. The van der Waals surface area contributed by atoms with Gasteiger partial charge in [-0.3, -0.25) is 15.5 Å². The molecule has 0 unspecified atom stereocenters. The van der Waals surface area contributed by atoms with Crippen LogP contribution in [0.2, 0.25) is 0 Å². The Morgan fingerprint density at radius 2 is 1.86 bits per heavy atom. The molecule has 1 amide bonds. The zero-order valence-electron chi connectivity index (χ0n) is 23.6. The number of benzene rings is 3. The molecule has 12 nitrogen and oxygen atoms in total. The van der Waals surface area contributed by atoms with E-state index in [2.05, 4.69) is 15.4 Å². The molecule has 230 valence electrons. The molecule has 0 bridgehead atoms. The predicted octanol–water partition coefficient (Wildman–Crippen LogP) is 4.79. The topological polar surface area (TPSA) is 163 Å². The summed E-state index contributed by atoms with van der Waals surface area (Å²) in [5, 5.41) is 19.2. The van der Waals surface area contributed by atoms with Gasteiger partial charge in [0.05, 0.1) is 41.2 Å². The number of imidazole rings is 1. The Hall–Kier alpha value is -5.18. The number of alkyl halides is 3. The number of hydrogen-bond donors (Lipinski definition) is 4. The van der Waals surface area contributed by atoms with Gasteiger partial charge in [0.1, 0.15) is 30.4 Å². The van der Waals surface area contributed by atoms with Crippen molar-refractivity contribution in [1.82, 2.24) is 20.0 Å². The lowest BCUT2D eigenvalue weighted by molar-refractivity contribution is -0.384. The van der Waals surface area contributed by atoms with Crippen LogP contribution in [0.1, 0.15) is 22.5 Å². The number of aromatic nitrogens is 2. The van der Waals surface area contributed by atoms with Gasteiger partial charge in [-0.1, -0.05) is 24.3 Å². The molecule has 0 atom stereocenters. The molecular weight excluding hydrogens is 581 g/mol. The van der Waals surface area contributed by atoms with Crippen LogP contribution in [-0.4, -0.2) is 59.6 Å². The van der Waals surface area contributed by atoms with Crippen molar-refractivity contribution in [1.29, 1.82) is 5.41 Å². The quantitative estimate of drug-likeness (QED) is 0.0731. The number of nitrogen functional groups attached to an aromatic ring is 1. The fourth-order valence-electron chi connectivity index (χ4n) is 5.31. The molecule has 0 radical (unpaired) electrons. The molecule has 0 saturated carbocycles. The van der Waals surface area contributed by atoms with Crippen LogP contribution in [0.5, 0.6) is 0 Å². The summed E-state index contributed by atoms with van der Waals surface area (Å²) < 4.78 is 45.2. The van der Waals surface area contributed by atoms with E-state index in [1.807, 2.05) is 25.1 Å². The maximum Gasteiger partial charge on any atom is 0.452 e. The van der Waals surface area contributed by atoms with Crippen molar-refractivity contribution in [3.05, 3.63) is 93.3 Å². The van der Waals surface area contributed by atoms with Crippen LogP contribution in [-0.2, 0) is 17.3 Å². The molecule has 1 aliphatic rings. The normalized spacial score (nSPS) is 14.8. The number of carbonyl (C=O) groups is 1. The van der Waals surface area contributed by atoms with Crippen molar-refractivity contribution in [2.24, 2.45) is 5.73 Å². The standard InChI is InChI=1S/C29H29F3N8O4/c1-18-35-23-8-7-22(17-24(23)36-18)40(37-28(41)44-15-10-19-2-4-20(5-3-19)27(33)34)13-11-38(12-14-40)25-9-6-21(29(30,31)32)16-26(25)39(42)43/h2-9,16-17H,10-15H2,1H3,(H4-,33,34,35,36,37,41)/p+1. The Labute approximate surface area is 249 Å². The van der Waals surface area contributed by atoms with Gasteiger partial charge in [-0.05, 0) is 30.7 Å². The maximum atomic E-state index is 13.2. The zero-order valence-corrected chi connectivity index (χ0v) is 23.6. The number of hydrogen-bond acceptors (Lipinski definition) is 7. The number of nitro groups is 1. The number of rotatable bonds is 8. The van der Waals surface area contributed by atoms with E-state index in [4.69, 9.17) is 15.9 Å². The summed E-state index contributed by atoms with van der Waals surface area (Å²) in [6.07, 6.45) is -4.97. The molecule has 1 saturated heterocycles. The second-order valence-electron chi connectivity index (χ2n) is 10.5. The van der Waals surface area contributed by atoms with Crippen LogP contribution in [0.25, 0.3) is 11.0 Å². The third-order valence-corrected chi connectivity index (χ3v) is 7.62. The summed E-state index contributed by atoms with van der Waals surface area (Å²) in [6, 6.07) is 15.0. The number of quaternary nitrogens is 1. The van der Waals surface area contributed by atoms with Crippen molar-refractivity contribution < 1.29 is 27.6 Å². The summed E-state index contributed by atoms with van der Waals surface area (Å²) in [5.74, 6) is 0.671. The highest BCUT2D eigenvalue weighted by atomic mass is 19.4. The predicted molar refractivity (Wildman–Crippen MR) is 158 cm³/mol. The Morgan fingerprint density at radius 1 is 1.16 bits per heavy atom. The minimum Gasteiger partial charge on any atom is -0.446 e. The molecule has 3 aromatic carbocycles. The van der Waals surface area contributed by atoms with E-state index < -0.39 is 28.4 Å². The van der Waals surface area contributed by atoms with Crippen LogP contribution < -0.4 is 20.7 Å². The van der Waals surface area contributed by atoms with Crippen molar-refractivity contribution in [3.8, 4) is 0 Å². The van der Waals surface area contributed by atoms with E-state index in [1.54, 1.807) is 29.2 Å². The highest BCUT2D eigenvalue weighted by Gasteiger charge is 2.41. The first-order valence-electron chi connectivity index (χ1n) is 13.7. The number of carbonyl (C=O) groups excluding carboxylic acids is 1. The van der Waals surface area contributed by atoms with Crippen molar-refractivity contribution in [2.45, 2.75) is 19.5 Å². The maximum absolute atomic E-state index is 13.2. The number of anilines is 1. The fourth-order valence-corrected chi connectivity index (χ4v) is 5.31. The van der Waals surface area contributed by atoms with Crippen LogP contribution in [0.4, 0.5) is 35.0 Å². The number of fused-ring (bicyclic) bond motifs is 1. The average molecular weight is 612 g/mol. The summed E-state index contributed by atoms with van der Waals surface area (Å²) >= 11 is 0. The molecule has 5 rings (SSSR count). The highest BCUT2D eigenvalue weighted by molar-refractivity contribution is 5.94. The summed E-state index contributed by atoms with van der Waals surface area (Å²) in [4.78, 5) is 33.2. The third-order valence-electron chi connectivity index (χ3n) is 7.62.